The zero-order chi connectivity index (χ0) is 15.4. The van der Waals surface area contributed by atoms with Gasteiger partial charge in [-0.15, -0.1) is 0 Å². The Kier molecular flexibility index (Phi) is 5.69. The van der Waals surface area contributed by atoms with Gasteiger partial charge in [0.2, 0.25) is 0 Å². The number of ether oxygens (including phenoxy) is 1. The van der Waals surface area contributed by atoms with Gasteiger partial charge in [-0.2, -0.15) is 0 Å². The molecule has 1 fully saturated rings. The van der Waals surface area contributed by atoms with Gasteiger partial charge in [0.05, 0.1) is 7.11 Å². The Morgan fingerprint density at radius 1 is 1.14 bits per heavy atom. The number of hydrogen-bond acceptors (Lipinski definition) is 2. The molecule has 1 N–H and O–H groups in total. The molecule has 2 heteroatoms. The van der Waals surface area contributed by atoms with Crippen LogP contribution in [0.4, 0.5) is 0 Å². The third kappa shape index (κ3) is 3.79. The zero-order valence-corrected chi connectivity index (χ0v) is 14.3. The Bertz CT molecular complexity index is 459. The van der Waals surface area contributed by atoms with Gasteiger partial charge in [-0.05, 0) is 66.8 Å². The molecular weight excluding hydrogens is 258 g/mol. The van der Waals surface area contributed by atoms with Crippen molar-refractivity contribution in [2.24, 2.45) is 5.92 Å². The molecule has 2 rings (SSSR count). The standard InChI is InChI=1S/C19H31NO/c1-13(2)16-8-9-17(14(3)4)19(21-5)18(16)11-15-7-6-10-20-12-15/h8-9,13-15,20H,6-7,10-12H2,1-5H3. The molecule has 1 aliphatic rings. The van der Waals surface area contributed by atoms with E-state index in [-0.39, 0.29) is 0 Å². The van der Waals surface area contributed by atoms with Crippen LogP contribution in [0.15, 0.2) is 12.1 Å². The first kappa shape index (κ1) is 16.4. The molecule has 118 valence electrons. The molecule has 0 aliphatic carbocycles. The second-order valence-electron chi connectivity index (χ2n) is 6.98. The molecule has 0 saturated carbocycles. The first-order chi connectivity index (χ1) is 10.0. The number of hydrogen-bond donors (Lipinski definition) is 1. The lowest BCUT2D eigenvalue weighted by atomic mass is 9.84. The van der Waals surface area contributed by atoms with Crippen molar-refractivity contribution in [2.75, 3.05) is 20.2 Å². The van der Waals surface area contributed by atoms with Crippen molar-refractivity contribution in [2.45, 2.75) is 58.8 Å². The fourth-order valence-corrected chi connectivity index (χ4v) is 3.50. The van der Waals surface area contributed by atoms with Crippen LogP contribution in [-0.2, 0) is 6.42 Å². The van der Waals surface area contributed by atoms with Gasteiger partial charge in [-0.1, -0.05) is 39.8 Å². The second kappa shape index (κ2) is 7.31. The smallest absolute Gasteiger partial charge is 0.125 e. The Hall–Kier alpha value is -1.02. The predicted molar refractivity (Wildman–Crippen MR) is 90.5 cm³/mol. The van der Waals surface area contributed by atoms with E-state index in [0.29, 0.717) is 11.8 Å². The normalized spacial score (nSPS) is 19.3. The largest absolute Gasteiger partial charge is 0.496 e. The minimum absolute atomic E-state index is 0.504. The van der Waals surface area contributed by atoms with Gasteiger partial charge in [0.25, 0.3) is 0 Å². The molecule has 2 nitrogen and oxygen atoms in total. The molecule has 1 heterocycles. The second-order valence-corrected chi connectivity index (χ2v) is 6.98. The lowest BCUT2D eigenvalue weighted by Crippen LogP contribution is -2.31. The lowest BCUT2D eigenvalue weighted by Gasteiger charge is -2.27. The lowest BCUT2D eigenvalue weighted by molar-refractivity contribution is 0.360. The predicted octanol–water partition coefficient (Wildman–Crippen LogP) is 4.48. The number of methoxy groups -OCH3 is 1. The summed E-state index contributed by atoms with van der Waals surface area (Å²) in [6.45, 7) is 11.4. The van der Waals surface area contributed by atoms with Crippen molar-refractivity contribution in [3.05, 3.63) is 28.8 Å². The summed E-state index contributed by atoms with van der Waals surface area (Å²) in [5, 5.41) is 3.54. The number of benzene rings is 1. The van der Waals surface area contributed by atoms with E-state index in [1.54, 1.807) is 0 Å². The van der Waals surface area contributed by atoms with E-state index < -0.39 is 0 Å². The minimum Gasteiger partial charge on any atom is -0.496 e. The van der Waals surface area contributed by atoms with Crippen molar-refractivity contribution >= 4 is 0 Å². The van der Waals surface area contributed by atoms with Crippen LogP contribution >= 0.6 is 0 Å². The van der Waals surface area contributed by atoms with Crippen LogP contribution < -0.4 is 10.1 Å². The van der Waals surface area contributed by atoms with Crippen molar-refractivity contribution in [3.63, 3.8) is 0 Å². The van der Waals surface area contributed by atoms with Crippen molar-refractivity contribution in [3.8, 4) is 5.75 Å². The summed E-state index contributed by atoms with van der Waals surface area (Å²) in [5.74, 6) is 2.94. The molecule has 21 heavy (non-hydrogen) atoms. The van der Waals surface area contributed by atoms with Crippen LogP contribution in [0, 0.1) is 5.92 Å². The van der Waals surface area contributed by atoms with Gasteiger partial charge in [0.15, 0.2) is 0 Å². The molecular formula is C19H31NO. The summed E-state index contributed by atoms with van der Waals surface area (Å²) < 4.78 is 5.85. The maximum atomic E-state index is 5.85. The van der Waals surface area contributed by atoms with Gasteiger partial charge in [0.1, 0.15) is 5.75 Å². The minimum atomic E-state index is 0.504. The molecule has 0 spiro atoms. The molecule has 1 unspecified atom stereocenters. The van der Waals surface area contributed by atoms with Gasteiger partial charge in [-0.25, -0.2) is 0 Å². The molecule has 0 bridgehead atoms. The summed E-state index contributed by atoms with van der Waals surface area (Å²) in [4.78, 5) is 0. The molecule has 0 aromatic heterocycles. The van der Waals surface area contributed by atoms with Crippen LogP contribution in [0.5, 0.6) is 5.75 Å². The first-order valence-electron chi connectivity index (χ1n) is 8.45. The van der Waals surface area contributed by atoms with Crippen LogP contribution in [0.1, 0.15) is 69.1 Å². The van der Waals surface area contributed by atoms with Gasteiger partial charge >= 0.3 is 0 Å². The van der Waals surface area contributed by atoms with Crippen molar-refractivity contribution < 1.29 is 4.74 Å². The summed E-state index contributed by atoms with van der Waals surface area (Å²) in [6.07, 6.45) is 3.78. The number of rotatable bonds is 5. The SMILES string of the molecule is COc1c(C(C)C)ccc(C(C)C)c1CC1CCCNC1. The van der Waals surface area contributed by atoms with E-state index in [4.69, 9.17) is 4.74 Å². The number of nitrogens with one attached hydrogen (secondary N) is 1. The maximum Gasteiger partial charge on any atom is 0.125 e. The zero-order valence-electron chi connectivity index (χ0n) is 14.3. The molecule has 1 aromatic rings. The van der Waals surface area contributed by atoms with Gasteiger partial charge in [-0.3, -0.25) is 0 Å². The quantitative estimate of drug-likeness (QED) is 0.862. The topological polar surface area (TPSA) is 21.3 Å². The summed E-state index contributed by atoms with van der Waals surface area (Å²) in [5.41, 5.74) is 4.26. The average molecular weight is 289 g/mol. The Labute approximate surface area is 130 Å². The summed E-state index contributed by atoms with van der Waals surface area (Å²) in [7, 11) is 1.83. The van der Waals surface area contributed by atoms with Gasteiger partial charge < -0.3 is 10.1 Å². The van der Waals surface area contributed by atoms with Crippen molar-refractivity contribution in [1.29, 1.82) is 0 Å². The highest BCUT2D eigenvalue weighted by Gasteiger charge is 2.22. The fraction of sp³-hybridized carbons (Fsp3) is 0.684. The van der Waals surface area contributed by atoms with E-state index >= 15 is 0 Å². The molecule has 0 amide bonds. The van der Waals surface area contributed by atoms with E-state index in [0.717, 1.165) is 24.6 Å². The van der Waals surface area contributed by atoms with Crippen LogP contribution in [0.2, 0.25) is 0 Å². The highest BCUT2D eigenvalue weighted by Crippen LogP contribution is 2.37. The summed E-state index contributed by atoms with van der Waals surface area (Å²) >= 11 is 0. The van der Waals surface area contributed by atoms with Crippen LogP contribution in [0.25, 0.3) is 0 Å². The van der Waals surface area contributed by atoms with Gasteiger partial charge in [0, 0.05) is 0 Å². The molecule has 0 radical (unpaired) electrons. The molecule has 1 saturated heterocycles. The highest BCUT2D eigenvalue weighted by atomic mass is 16.5. The average Bonchev–Trinajstić information content (AvgIpc) is 2.47. The molecule has 1 aliphatic heterocycles. The monoisotopic (exact) mass is 289 g/mol. The van der Waals surface area contributed by atoms with Crippen LogP contribution in [0.3, 0.4) is 0 Å². The van der Waals surface area contributed by atoms with E-state index in [1.165, 1.54) is 36.1 Å². The fourth-order valence-electron chi connectivity index (χ4n) is 3.50. The first-order valence-corrected chi connectivity index (χ1v) is 8.45. The van der Waals surface area contributed by atoms with E-state index in [9.17, 15) is 0 Å². The highest BCUT2D eigenvalue weighted by molar-refractivity contribution is 5.49. The summed E-state index contributed by atoms with van der Waals surface area (Å²) in [6, 6.07) is 4.59. The van der Waals surface area contributed by atoms with Crippen molar-refractivity contribution in [1.82, 2.24) is 5.32 Å². The maximum absolute atomic E-state index is 5.85. The molecule has 1 atom stereocenters. The third-order valence-electron chi connectivity index (χ3n) is 4.67. The van der Waals surface area contributed by atoms with E-state index in [1.807, 2.05) is 7.11 Å². The third-order valence-corrected chi connectivity index (χ3v) is 4.67. The Balaban J connectivity index is 2.39. The molecule has 1 aromatic carbocycles. The van der Waals surface area contributed by atoms with Crippen LogP contribution in [-0.4, -0.2) is 20.2 Å². The van der Waals surface area contributed by atoms with E-state index in [2.05, 4.69) is 45.1 Å². The Morgan fingerprint density at radius 3 is 2.33 bits per heavy atom. The Morgan fingerprint density at radius 2 is 1.81 bits per heavy atom. The number of piperidine rings is 1.